The van der Waals surface area contributed by atoms with Gasteiger partial charge in [-0.15, -0.1) is 21.5 Å². The molecule has 1 amide bonds. The third-order valence-corrected chi connectivity index (χ3v) is 5.76. The van der Waals surface area contributed by atoms with Gasteiger partial charge in [0, 0.05) is 29.5 Å². The van der Waals surface area contributed by atoms with E-state index in [0.717, 1.165) is 21.9 Å². The van der Waals surface area contributed by atoms with Crippen LogP contribution in [0.4, 0.5) is 5.82 Å². The molecule has 136 valence electrons. The first-order chi connectivity index (χ1) is 13.0. The van der Waals surface area contributed by atoms with Crippen molar-refractivity contribution >= 4 is 51.2 Å². The summed E-state index contributed by atoms with van der Waals surface area (Å²) < 4.78 is 3.50. The van der Waals surface area contributed by atoms with Gasteiger partial charge in [-0.05, 0) is 19.1 Å². The predicted molar refractivity (Wildman–Crippen MR) is 102 cm³/mol. The molecule has 0 spiro atoms. The summed E-state index contributed by atoms with van der Waals surface area (Å²) in [6, 6.07) is 3.32. The van der Waals surface area contributed by atoms with Crippen molar-refractivity contribution in [2.24, 2.45) is 0 Å². The average Bonchev–Trinajstić information content (AvgIpc) is 3.28. The average molecular weight is 420 g/mol. The number of nitrogens with one attached hydrogen (secondary N) is 1. The van der Waals surface area contributed by atoms with E-state index in [1.807, 2.05) is 22.9 Å². The van der Waals surface area contributed by atoms with Gasteiger partial charge in [0.25, 0.3) is 0 Å². The third kappa shape index (κ3) is 2.53. The molecule has 0 saturated carbocycles. The Labute approximate surface area is 166 Å². The van der Waals surface area contributed by atoms with E-state index in [1.54, 1.807) is 16.8 Å². The predicted octanol–water partition coefficient (Wildman–Crippen LogP) is 3.46. The van der Waals surface area contributed by atoms with Gasteiger partial charge in [-0.3, -0.25) is 9.20 Å². The Morgan fingerprint density at radius 2 is 2.15 bits per heavy atom. The molecule has 0 fully saturated rings. The van der Waals surface area contributed by atoms with Gasteiger partial charge in [-0.25, -0.2) is 4.98 Å². The molecule has 1 N–H and O–H groups in total. The lowest BCUT2D eigenvalue weighted by molar-refractivity contribution is -0.116. The quantitative estimate of drug-likeness (QED) is 0.537. The fourth-order valence-electron chi connectivity index (χ4n) is 3.46. The molecule has 5 rings (SSSR count). The molecular weight excluding hydrogens is 409 g/mol. The highest BCUT2D eigenvalue weighted by Crippen LogP contribution is 2.42. The van der Waals surface area contributed by atoms with Crippen LogP contribution in [0.5, 0.6) is 0 Å². The van der Waals surface area contributed by atoms with Crippen LogP contribution in [-0.4, -0.2) is 35.3 Å². The second kappa shape index (κ2) is 6.01. The van der Waals surface area contributed by atoms with E-state index in [4.69, 9.17) is 23.2 Å². The minimum Gasteiger partial charge on any atom is -0.310 e. The number of anilines is 1. The van der Waals surface area contributed by atoms with Crippen LogP contribution in [0, 0.1) is 6.92 Å². The Bertz CT molecular complexity index is 1190. The molecule has 4 aromatic heterocycles. The molecule has 5 heterocycles. The van der Waals surface area contributed by atoms with Gasteiger partial charge in [0.15, 0.2) is 21.1 Å². The number of thiazole rings is 1. The Morgan fingerprint density at radius 1 is 1.30 bits per heavy atom. The molecule has 1 atom stereocenters. The molecule has 0 saturated heterocycles. The zero-order chi connectivity index (χ0) is 18.7. The SMILES string of the molecule is Cc1nn(-c2ccc(Cl)nn2)c2c1[C@H](c1c(Cl)nc3sccn13)CC(=O)N2. The standard InChI is InChI=1S/C16H11Cl2N7OS/c1-7-12-8(13-14(18)20-16-24(13)4-5-27-16)6-11(26)19-15(12)25(23-7)10-3-2-9(17)21-22-10/h2-5,8H,6H2,1H3,(H,19,26)/t8-/m1/s1. The van der Waals surface area contributed by atoms with Gasteiger partial charge in [0.05, 0.1) is 11.4 Å². The molecule has 11 heteroatoms. The molecule has 1 aliphatic heterocycles. The van der Waals surface area contributed by atoms with Crippen molar-refractivity contribution in [3.05, 3.63) is 51.0 Å². The van der Waals surface area contributed by atoms with Gasteiger partial charge in [-0.1, -0.05) is 23.2 Å². The molecule has 0 bridgehead atoms. The fraction of sp³-hybridized carbons (Fsp3) is 0.188. The molecule has 27 heavy (non-hydrogen) atoms. The van der Waals surface area contributed by atoms with Crippen molar-refractivity contribution in [2.75, 3.05) is 5.32 Å². The van der Waals surface area contributed by atoms with Crippen LogP contribution in [-0.2, 0) is 4.79 Å². The summed E-state index contributed by atoms with van der Waals surface area (Å²) in [6.07, 6.45) is 2.17. The number of aryl methyl sites for hydroxylation is 1. The van der Waals surface area contributed by atoms with Gasteiger partial charge >= 0.3 is 0 Å². The van der Waals surface area contributed by atoms with Crippen molar-refractivity contribution in [1.29, 1.82) is 0 Å². The first-order valence-corrected chi connectivity index (χ1v) is 9.66. The monoisotopic (exact) mass is 419 g/mol. The second-order valence-corrected chi connectivity index (χ2v) is 7.74. The molecule has 0 radical (unpaired) electrons. The van der Waals surface area contributed by atoms with E-state index in [-0.39, 0.29) is 23.4 Å². The molecule has 4 aromatic rings. The van der Waals surface area contributed by atoms with E-state index in [2.05, 4.69) is 25.6 Å². The van der Waals surface area contributed by atoms with Gasteiger partial charge < -0.3 is 5.32 Å². The lowest BCUT2D eigenvalue weighted by atomic mass is 9.89. The van der Waals surface area contributed by atoms with Crippen LogP contribution in [0.25, 0.3) is 10.8 Å². The highest BCUT2D eigenvalue weighted by Gasteiger charge is 2.36. The minimum absolute atomic E-state index is 0.128. The number of hydrogen-bond donors (Lipinski definition) is 1. The maximum absolute atomic E-state index is 12.5. The first-order valence-electron chi connectivity index (χ1n) is 8.03. The maximum atomic E-state index is 12.5. The molecule has 0 unspecified atom stereocenters. The van der Waals surface area contributed by atoms with Crippen LogP contribution in [0.15, 0.2) is 23.7 Å². The van der Waals surface area contributed by atoms with Crippen LogP contribution in [0.3, 0.4) is 0 Å². The summed E-state index contributed by atoms with van der Waals surface area (Å²) in [5.74, 6) is 0.632. The zero-order valence-electron chi connectivity index (χ0n) is 13.8. The third-order valence-electron chi connectivity index (χ3n) is 4.52. The summed E-state index contributed by atoms with van der Waals surface area (Å²) >= 11 is 13.7. The van der Waals surface area contributed by atoms with Crippen molar-refractivity contribution in [3.8, 4) is 5.82 Å². The van der Waals surface area contributed by atoms with Crippen molar-refractivity contribution < 1.29 is 4.79 Å². The highest BCUT2D eigenvalue weighted by molar-refractivity contribution is 7.15. The number of fused-ring (bicyclic) bond motifs is 2. The van der Waals surface area contributed by atoms with Crippen molar-refractivity contribution in [3.63, 3.8) is 0 Å². The minimum atomic E-state index is -0.264. The first kappa shape index (κ1) is 16.7. The van der Waals surface area contributed by atoms with Gasteiger partial charge in [0.1, 0.15) is 5.82 Å². The molecule has 0 aromatic carbocycles. The number of amides is 1. The summed E-state index contributed by atoms with van der Waals surface area (Å²) in [5.41, 5.74) is 2.45. The van der Waals surface area contributed by atoms with Gasteiger partial charge in [-0.2, -0.15) is 9.78 Å². The maximum Gasteiger partial charge on any atom is 0.226 e. The van der Waals surface area contributed by atoms with Crippen molar-refractivity contribution in [2.45, 2.75) is 19.3 Å². The lowest BCUT2D eigenvalue weighted by Gasteiger charge is -2.23. The van der Waals surface area contributed by atoms with E-state index >= 15 is 0 Å². The molecule has 8 nitrogen and oxygen atoms in total. The Kier molecular flexibility index (Phi) is 3.71. The van der Waals surface area contributed by atoms with E-state index in [0.29, 0.717) is 16.8 Å². The highest BCUT2D eigenvalue weighted by atomic mass is 35.5. The zero-order valence-corrected chi connectivity index (χ0v) is 16.2. The fourth-order valence-corrected chi connectivity index (χ4v) is 4.63. The number of imidazole rings is 1. The van der Waals surface area contributed by atoms with E-state index < -0.39 is 0 Å². The summed E-state index contributed by atoms with van der Waals surface area (Å²) in [7, 11) is 0. The smallest absolute Gasteiger partial charge is 0.226 e. The number of halogens is 2. The van der Waals surface area contributed by atoms with E-state index in [1.165, 1.54) is 11.3 Å². The largest absolute Gasteiger partial charge is 0.310 e. The lowest BCUT2D eigenvalue weighted by Crippen LogP contribution is -2.25. The van der Waals surface area contributed by atoms with Crippen LogP contribution >= 0.6 is 34.5 Å². The number of rotatable bonds is 2. The molecule has 0 aliphatic carbocycles. The summed E-state index contributed by atoms with van der Waals surface area (Å²) in [6.45, 7) is 1.89. The second-order valence-electron chi connectivity index (χ2n) is 6.12. The topological polar surface area (TPSA) is 90.0 Å². The van der Waals surface area contributed by atoms with Crippen LogP contribution in [0.1, 0.15) is 29.3 Å². The van der Waals surface area contributed by atoms with Crippen molar-refractivity contribution in [1.82, 2.24) is 29.4 Å². The molecular formula is C16H11Cl2N7OS. The molecule has 1 aliphatic rings. The normalized spacial score (nSPS) is 16.6. The van der Waals surface area contributed by atoms with Gasteiger partial charge in [0.2, 0.25) is 5.91 Å². The number of hydrogen-bond acceptors (Lipinski definition) is 6. The van der Waals surface area contributed by atoms with Crippen LogP contribution < -0.4 is 5.32 Å². The van der Waals surface area contributed by atoms with E-state index in [9.17, 15) is 4.79 Å². The summed E-state index contributed by atoms with van der Waals surface area (Å²) in [4.78, 5) is 17.7. The Morgan fingerprint density at radius 3 is 2.93 bits per heavy atom. The number of nitrogens with zero attached hydrogens (tertiary/aromatic N) is 6. The van der Waals surface area contributed by atoms with Crippen LogP contribution in [0.2, 0.25) is 10.3 Å². The summed E-state index contributed by atoms with van der Waals surface area (Å²) in [5, 5.41) is 18.0. The Balaban J connectivity index is 1.72. The number of aromatic nitrogens is 6. The number of carbonyl (C=O) groups excluding carboxylic acids is 1. The Hall–Kier alpha value is -2.49. The number of carbonyl (C=O) groups is 1.